The molecule has 3 aromatic rings. The molecular formula is C27H18Cl2F7N3O3. The van der Waals surface area contributed by atoms with Gasteiger partial charge >= 0.3 is 18.0 Å². The number of amides is 2. The summed E-state index contributed by atoms with van der Waals surface area (Å²) in [5, 5.41) is 9.33. The molecule has 0 saturated carbocycles. The van der Waals surface area contributed by atoms with Crippen molar-refractivity contribution in [1.29, 1.82) is 5.26 Å². The van der Waals surface area contributed by atoms with E-state index in [-0.39, 0.29) is 41.2 Å². The molecule has 3 aromatic carbocycles. The summed E-state index contributed by atoms with van der Waals surface area (Å²) in [4.78, 5) is 27.7. The number of carbonyl (C=O) groups is 2. The number of carbonyl (C=O) groups excluding carboxylic acids is 2. The van der Waals surface area contributed by atoms with E-state index in [0.29, 0.717) is 5.56 Å². The van der Waals surface area contributed by atoms with Gasteiger partial charge in [-0.15, -0.1) is 0 Å². The summed E-state index contributed by atoms with van der Waals surface area (Å²) < 4.78 is 99.0. The molecule has 222 valence electrons. The highest BCUT2D eigenvalue weighted by atomic mass is 35.5. The van der Waals surface area contributed by atoms with Gasteiger partial charge in [0.15, 0.2) is 5.75 Å². The summed E-state index contributed by atoms with van der Waals surface area (Å²) in [7, 11) is 1.19. The van der Waals surface area contributed by atoms with Crippen LogP contribution in [0.2, 0.25) is 10.0 Å². The van der Waals surface area contributed by atoms with Crippen LogP contribution in [0.5, 0.6) is 5.75 Å². The number of para-hydroxylation sites is 1. The summed E-state index contributed by atoms with van der Waals surface area (Å²) >= 11 is 11.8. The molecule has 0 aliphatic carbocycles. The largest absolute Gasteiger partial charge is 0.494 e. The topological polar surface area (TPSA) is 82.4 Å². The van der Waals surface area contributed by atoms with Crippen molar-refractivity contribution in [2.45, 2.75) is 24.9 Å². The molecule has 15 heteroatoms. The molecule has 0 unspecified atom stereocenters. The highest BCUT2D eigenvalue weighted by molar-refractivity contribution is 6.40. The van der Waals surface area contributed by atoms with Crippen LogP contribution < -0.4 is 15.0 Å². The molecule has 0 aliphatic heterocycles. The van der Waals surface area contributed by atoms with Gasteiger partial charge in [-0.2, -0.15) is 31.6 Å². The number of hydrogen-bond acceptors (Lipinski definition) is 4. The van der Waals surface area contributed by atoms with Crippen molar-refractivity contribution in [3.63, 3.8) is 0 Å². The fourth-order valence-corrected chi connectivity index (χ4v) is 4.54. The van der Waals surface area contributed by atoms with Crippen LogP contribution in [-0.2, 0) is 5.67 Å². The van der Waals surface area contributed by atoms with E-state index in [4.69, 9.17) is 33.2 Å². The van der Waals surface area contributed by atoms with Gasteiger partial charge in [0.25, 0.3) is 11.8 Å². The van der Waals surface area contributed by atoms with Crippen LogP contribution in [-0.4, -0.2) is 37.8 Å². The number of hydrogen-bond donors (Lipinski definition) is 1. The van der Waals surface area contributed by atoms with Crippen molar-refractivity contribution in [1.82, 2.24) is 0 Å². The van der Waals surface area contributed by atoms with Crippen LogP contribution in [0, 0.1) is 11.3 Å². The Hall–Kier alpha value is -4.02. The number of anilines is 2. The maximum absolute atomic E-state index is 14.5. The van der Waals surface area contributed by atoms with Crippen LogP contribution in [0.3, 0.4) is 0 Å². The molecular weight excluding hydrogens is 618 g/mol. The number of nitrogens with zero attached hydrogens (tertiary/aromatic N) is 2. The Kier molecular flexibility index (Phi) is 9.34. The average molecular weight is 636 g/mol. The van der Waals surface area contributed by atoms with E-state index in [9.17, 15) is 40.3 Å². The maximum Gasteiger partial charge on any atom is 0.435 e. The van der Waals surface area contributed by atoms with Crippen LogP contribution >= 0.6 is 23.2 Å². The normalized spacial score (nSPS) is 12.0. The molecule has 0 fully saturated rings. The summed E-state index contributed by atoms with van der Waals surface area (Å²) in [5.41, 5.74) is -7.88. The molecule has 0 bridgehead atoms. The van der Waals surface area contributed by atoms with E-state index in [1.165, 1.54) is 54.5 Å². The summed E-state index contributed by atoms with van der Waals surface area (Å²) in [6.45, 7) is 1.74. The SMILES string of the molecule is CCN(C(=O)c1ccc(C#N)cc1)c1cccc(C(=O)Nc2c(Cl)cc(C(F)(C(F)(F)F)C(F)(F)F)cc2Cl)c1OC. The van der Waals surface area contributed by atoms with Crippen LogP contribution in [0.25, 0.3) is 0 Å². The molecule has 0 spiro atoms. The lowest BCUT2D eigenvalue weighted by Gasteiger charge is -2.30. The van der Waals surface area contributed by atoms with E-state index in [1.807, 2.05) is 6.07 Å². The molecule has 0 saturated heterocycles. The first kappa shape index (κ1) is 32.5. The van der Waals surface area contributed by atoms with Gasteiger partial charge < -0.3 is 15.0 Å². The summed E-state index contributed by atoms with van der Waals surface area (Å²) in [6, 6.07) is 11.9. The Balaban J connectivity index is 2.01. The van der Waals surface area contributed by atoms with Crippen LogP contribution in [0.1, 0.15) is 38.8 Å². The number of alkyl halides is 7. The number of nitriles is 1. The molecule has 1 N–H and O–H groups in total. The zero-order valence-electron chi connectivity index (χ0n) is 21.4. The van der Waals surface area contributed by atoms with Gasteiger partial charge in [-0.3, -0.25) is 9.59 Å². The van der Waals surface area contributed by atoms with Gasteiger partial charge in [-0.1, -0.05) is 29.3 Å². The van der Waals surface area contributed by atoms with Crippen LogP contribution in [0.4, 0.5) is 42.1 Å². The number of halogens is 9. The first-order chi connectivity index (χ1) is 19.5. The van der Waals surface area contributed by atoms with Gasteiger partial charge in [0.05, 0.1) is 45.7 Å². The van der Waals surface area contributed by atoms with E-state index < -0.39 is 51.1 Å². The lowest BCUT2D eigenvalue weighted by atomic mass is 9.94. The Bertz CT molecular complexity index is 1520. The predicted molar refractivity (Wildman–Crippen MR) is 141 cm³/mol. The Morgan fingerprint density at radius 1 is 0.952 bits per heavy atom. The molecule has 0 atom stereocenters. The van der Waals surface area contributed by atoms with Crippen molar-refractivity contribution in [2.75, 3.05) is 23.9 Å². The number of nitrogens with one attached hydrogen (secondary N) is 1. The molecule has 0 aromatic heterocycles. The number of ether oxygens (including phenoxy) is 1. The molecule has 0 radical (unpaired) electrons. The molecule has 0 heterocycles. The first-order valence-corrected chi connectivity index (χ1v) is 12.4. The van der Waals surface area contributed by atoms with E-state index in [2.05, 4.69) is 5.32 Å². The van der Waals surface area contributed by atoms with Gasteiger partial charge in [-0.25, -0.2) is 4.39 Å². The Morgan fingerprint density at radius 3 is 1.95 bits per heavy atom. The minimum Gasteiger partial charge on any atom is -0.494 e. The van der Waals surface area contributed by atoms with E-state index in [0.717, 1.165) is 0 Å². The molecule has 42 heavy (non-hydrogen) atoms. The summed E-state index contributed by atoms with van der Waals surface area (Å²) in [5.74, 6) is -1.66. The van der Waals surface area contributed by atoms with Crippen molar-refractivity contribution < 1.29 is 45.1 Å². The fraction of sp³-hybridized carbons (Fsp3) is 0.222. The second-order valence-corrected chi connectivity index (χ2v) is 9.33. The Labute approximate surface area is 244 Å². The van der Waals surface area contributed by atoms with Crippen molar-refractivity contribution >= 4 is 46.4 Å². The van der Waals surface area contributed by atoms with Gasteiger partial charge in [0.2, 0.25) is 0 Å². The lowest BCUT2D eigenvalue weighted by Crippen LogP contribution is -2.50. The average Bonchev–Trinajstić information content (AvgIpc) is 2.93. The number of rotatable bonds is 7. The smallest absolute Gasteiger partial charge is 0.435 e. The predicted octanol–water partition coefficient (Wildman–Crippen LogP) is 8.08. The monoisotopic (exact) mass is 635 g/mol. The second kappa shape index (κ2) is 12.1. The first-order valence-electron chi connectivity index (χ1n) is 11.6. The zero-order chi connectivity index (χ0) is 31.6. The fourth-order valence-electron chi connectivity index (χ4n) is 3.96. The minimum atomic E-state index is -6.41. The van der Waals surface area contributed by atoms with E-state index in [1.54, 1.807) is 6.92 Å². The quantitative estimate of drug-likeness (QED) is 0.266. The Morgan fingerprint density at radius 2 is 1.50 bits per heavy atom. The van der Waals surface area contributed by atoms with E-state index >= 15 is 0 Å². The van der Waals surface area contributed by atoms with Crippen LogP contribution in [0.15, 0.2) is 54.6 Å². The standard InChI is InChI=1S/C27H18Cl2F7N3O3/c1-3-39(24(41)15-9-7-14(13-37)8-10-15)20-6-4-5-17(22(20)42-2)23(40)38-21-18(28)11-16(12-19(21)29)25(30,26(31,32)33)27(34,35)36/h4-12H,3H2,1-2H3,(H,38,40). The third kappa shape index (κ3) is 5.96. The highest BCUT2D eigenvalue weighted by Gasteiger charge is 2.73. The molecule has 6 nitrogen and oxygen atoms in total. The summed E-state index contributed by atoms with van der Waals surface area (Å²) in [6.07, 6.45) is -12.8. The van der Waals surface area contributed by atoms with Gasteiger partial charge in [-0.05, 0) is 55.5 Å². The third-order valence-corrected chi connectivity index (χ3v) is 6.61. The second-order valence-electron chi connectivity index (χ2n) is 8.52. The molecule has 0 aliphatic rings. The van der Waals surface area contributed by atoms with Gasteiger partial charge in [0, 0.05) is 17.7 Å². The lowest BCUT2D eigenvalue weighted by molar-refractivity contribution is -0.348. The molecule has 2 amide bonds. The minimum absolute atomic E-state index is 0.0623. The number of benzene rings is 3. The highest BCUT2D eigenvalue weighted by Crippen LogP contribution is 2.54. The zero-order valence-corrected chi connectivity index (χ0v) is 22.9. The van der Waals surface area contributed by atoms with Crippen molar-refractivity contribution in [2.24, 2.45) is 0 Å². The maximum atomic E-state index is 14.5. The number of methoxy groups -OCH3 is 1. The van der Waals surface area contributed by atoms with Crippen molar-refractivity contribution in [3.8, 4) is 11.8 Å². The van der Waals surface area contributed by atoms with Crippen molar-refractivity contribution in [3.05, 3.63) is 86.9 Å². The van der Waals surface area contributed by atoms with Gasteiger partial charge in [0.1, 0.15) is 0 Å². The third-order valence-electron chi connectivity index (χ3n) is 6.02. The molecule has 3 rings (SSSR count).